The van der Waals surface area contributed by atoms with E-state index in [9.17, 15) is 4.79 Å². The molecule has 0 aliphatic carbocycles. The lowest BCUT2D eigenvalue weighted by Gasteiger charge is -2.37. The molecule has 0 aromatic heterocycles. The summed E-state index contributed by atoms with van der Waals surface area (Å²) in [5, 5.41) is 0. The summed E-state index contributed by atoms with van der Waals surface area (Å²) in [4.78, 5) is 14.5. The van der Waals surface area contributed by atoms with Crippen LogP contribution in [0.3, 0.4) is 0 Å². The van der Waals surface area contributed by atoms with E-state index in [1.807, 2.05) is 6.07 Å². The van der Waals surface area contributed by atoms with Crippen LogP contribution in [0.5, 0.6) is 0 Å². The zero-order chi connectivity index (χ0) is 18.7. The number of benzene rings is 1. The number of likely N-dealkylation sites (N-methyl/N-ethyl adjacent to an activating group) is 1. The van der Waals surface area contributed by atoms with Crippen LogP contribution in [0.4, 0.5) is 0 Å². The Balaban J connectivity index is 2.77. The first-order chi connectivity index (χ1) is 12.0. The molecule has 0 amide bonds. The highest BCUT2D eigenvalue weighted by Gasteiger charge is 2.31. The van der Waals surface area contributed by atoms with Crippen molar-refractivity contribution in [3.8, 4) is 0 Å². The number of carbonyl (C=O) groups is 1. The molecule has 0 N–H and O–H groups in total. The second-order valence-electron chi connectivity index (χ2n) is 6.83. The predicted octanol–water partition coefficient (Wildman–Crippen LogP) is 4.28. The van der Waals surface area contributed by atoms with Crippen LogP contribution in [0.15, 0.2) is 30.3 Å². The number of nitrogens with zero attached hydrogens (tertiary/aromatic N) is 1. The molecule has 4 heteroatoms. The van der Waals surface area contributed by atoms with Crippen LogP contribution in [0.1, 0.15) is 52.0 Å². The number of esters is 1. The lowest BCUT2D eigenvalue weighted by Crippen LogP contribution is -2.47. The molecule has 0 aliphatic heterocycles. The molecule has 4 nitrogen and oxygen atoms in total. The van der Waals surface area contributed by atoms with Crippen LogP contribution in [0.25, 0.3) is 0 Å². The molecule has 142 valence electrons. The van der Waals surface area contributed by atoms with Crippen LogP contribution in [0.2, 0.25) is 0 Å². The van der Waals surface area contributed by atoms with Gasteiger partial charge in [-0.25, -0.2) is 0 Å². The van der Waals surface area contributed by atoms with Crippen molar-refractivity contribution < 1.29 is 14.3 Å². The number of rotatable bonds is 12. The average molecular weight is 350 g/mol. The van der Waals surface area contributed by atoms with Gasteiger partial charge in [0, 0.05) is 19.7 Å². The Bertz CT molecular complexity index is 477. The Morgan fingerprint density at radius 1 is 1.20 bits per heavy atom. The van der Waals surface area contributed by atoms with Gasteiger partial charge in [0.05, 0.1) is 19.1 Å². The first kappa shape index (κ1) is 21.7. The summed E-state index contributed by atoms with van der Waals surface area (Å²) < 4.78 is 11.1. The quantitative estimate of drug-likeness (QED) is 0.417. The van der Waals surface area contributed by atoms with Gasteiger partial charge in [0.1, 0.15) is 0 Å². The molecule has 1 aromatic rings. The first-order valence-electron chi connectivity index (χ1n) is 9.46. The Kier molecular flexibility index (Phi) is 10.4. The van der Waals surface area contributed by atoms with Crippen molar-refractivity contribution in [2.45, 2.75) is 65.1 Å². The van der Waals surface area contributed by atoms with Gasteiger partial charge in [0.2, 0.25) is 0 Å². The van der Waals surface area contributed by atoms with Crippen molar-refractivity contribution in [1.82, 2.24) is 4.90 Å². The molecule has 0 unspecified atom stereocenters. The molecule has 0 bridgehead atoms. The second-order valence-corrected chi connectivity index (χ2v) is 6.83. The summed E-state index contributed by atoms with van der Waals surface area (Å²) in [7, 11) is 3.80. The highest BCUT2D eigenvalue weighted by molar-refractivity contribution is 5.70. The Morgan fingerprint density at radius 2 is 1.88 bits per heavy atom. The number of ether oxygens (including phenoxy) is 2. The number of hydrogen-bond donors (Lipinski definition) is 0. The fourth-order valence-electron chi connectivity index (χ4n) is 3.20. The number of carbonyl (C=O) groups excluding carboxylic acids is 1. The predicted molar refractivity (Wildman–Crippen MR) is 102 cm³/mol. The molecule has 0 fully saturated rings. The van der Waals surface area contributed by atoms with Gasteiger partial charge in [-0.2, -0.15) is 0 Å². The third-order valence-electron chi connectivity index (χ3n) is 4.82. The van der Waals surface area contributed by atoms with E-state index in [1.54, 1.807) is 7.11 Å². The van der Waals surface area contributed by atoms with Crippen LogP contribution in [-0.4, -0.2) is 43.8 Å². The fraction of sp³-hybridized carbons (Fsp3) is 0.667. The minimum atomic E-state index is -0.169. The lowest BCUT2D eigenvalue weighted by molar-refractivity contribution is -0.148. The van der Waals surface area contributed by atoms with Gasteiger partial charge in [-0.3, -0.25) is 9.69 Å². The molecule has 0 aliphatic rings. The summed E-state index contributed by atoms with van der Waals surface area (Å²) in [6.45, 7) is 7.82. The maximum Gasteiger partial charge on any atom is 0.308 e. The van der Waals surface area contributed by atoms with Gasteiger partial charge in [0.15, 0.2) is 0 Å². The second kappa shape index (κ2) is 12.0. The summed E-state index contributed by atoms with van der Waals surface area (Å²) >= 11 is 0. The van der Waals surface area contributed by atoms with E-state index in [0.717, 1.165) is 25.8 Å². The zero-order valence-electron chi connectivity index (χ0n) is 16.5. The smallest absolute Gasteiger partial charge is 0.308 e. The normalized spacial score (nSPS) is 15.0. The molecule has 25 heavy (non-hydrogen) atoms. The van der Waals surface area contributed by atoms with Gasteiger partial charge >= 0.3 is 5.97 Å². The van der Waals surface area contributed by atoms with Crippen LogP contribution in [-0.2, 0) is 20.8 Å². The minimum Gasteiger partial charge on any atom is -0.466 e. The van der Waals surface area contributed by atoms with Crippen molar-refractivity contribution in [3.05, 3.63) is 35.9 Å². The van der Waals surface area contributed by atoms with Gasteiger partial charge in [0.25, 0.3) is 0 Å². The first-order valence-corrected chi connectivity index (χ1v) is 9.46. The molecule has 0 spiro atoms. The maximum atomic E-state index is 12.2. The van der Waals surface area contributed by atoms with E-state index >= 15 is 0 Å². The van der Waals surface area contributed by atoms with Crippen molar-refractivity contribution in [2.24, 2.45) is 5.92 Å². The van der Waals surface area contributed by atoms with Gasteiger partial charge < -0.3 is 9.47 Å². The van der Waals surface area contributed by atoms with Gasteiger partial charge in [-0.05, 0) is 24.9 Å². The zero-order valence-corrected chi connectivity index (χ0v) is 16.5. The van der Waals surface area contributed by atoms with E-state index in [2.05, 4.69) is 57.0 Å². The number of methoxy groups -OCH3 is 1. The maximum absolute atomic E-state index is 12.2. The average Bonchev–Trinajstić information content (AvgIpc) is 2.61. The third kappa shape index (κ3) is 7.57. The molecule has 0 radical (unpaired) electrons. The van der Waals surface area contributed by atoms with E-state index in [0.29, 0.717) is 18.9 Å². The largest absolute Gasteiger partial charge is 0.466 e. The highest BCUT2D eigenvalue weighted by Crippen LogP contribution is 2.23. The lowest BCUT2D eigenvalue weighted by atomic mass is 9.91. The minimum absolute atomic E-state index is 0.161. The van der Waals surface area contributed by atoms with Gasteiger partial charge in [-0.1, -0.05) is 63.9 Å². The fourth-order valence-corrected chi connectivity index (χ4v) is 3.20. The molecule has 0 saturated carbocycles. The van der Waals surface area contributed by atoms with Crippen LogP contribution < -0.4 is 0 Å². The molecule has 0 heterocycles. The summed E-state index contributed by atoms with van der Waals surface area (Å²) in [6.07, 6.45) is 3.10. The van der Waals surface area contributed by atoms with Crippen molar-refractivity contribution >= 4 is 5.97 Å². The Labute approximate surface area is 153 Å². The highest BCUT2D eigenvalue weighted by atomic mass is 16.5. The number of unbranched alkanes of at least 4 members (excludes halogenated alkanes) is 1. The molecule has 1 rings (SSSR count). The van der Waals surface area contributed by atoms with E-state index in [1.165, 1.54) is 5.56 Å². The Hall–Kier alpha value is -1.39. The van der Waals surface area contributed by atoms with Crippen LogP contribution >= 0.6 is 0 Å². The topological polar surface area (TPSA) is 38.8 Å². The third-order valence-corrected chi connectivity index (χ3v) is 4.82. The van der Waals surface area contributed by atoms with Crippen molar-refractivity contribution in [1.29, 1.82) is 0 Å². The van der Waals surface area contributed by atoms with Gasteiger partial charge in [-0.15, -0.1) is 0 Å². The molecule has 0 saturated heterocycles. The SMILES string of the molecule is CCCCOC(=O)C[C@@H](OC)[C@H]([C@@H](C)CC)N(C)Cc1ccccc1. The monoisotopic (exact) mass is 349 g/mol. The van der Waals surface area contributed by atoms with Crippen molar-refractivity contribution in [3.63, 3.8) is 0 Å². The standard InChI is InChI=1S/C21H35NO3/c1-6-8-14-25-20(23)15-19(24-5)21(17(3)7-2)22(4)16-18-12-10-9-11-13-18/h9-13,17,19,21H,6-8,14-16H2,1-5H3/t17-,19+,21-/m0/s1. The molecule has 3 atom stereocenters. The number of hydrogen-bond acceptors (Lipinski definition) is 4. The van der Waals surface area contributed by atoms with E-state index in [4.69, 9.17) is 9.47 Å². The molecular weight excluding hydrogens is 314 g/mol. The summed E-state index contributed by atoms with van der Waals surface area (Å²) in [6, 6.07) is 10.6. The van der Waals surface area contributed by atoms with E-state index < -0.39 is 0 Å². The summed E-state index contributed by atoms with van der Waals surface area (Å²) in [5.41, 5.74) is 1.26. The molecule has 1 aromatic carbocycles. The van der Waals surface area contributed by atoms with E-state index in [-0.39, 0.29) is 18.1 Å². The Morgan fingerprint density at radius 3 is 2.44 bits per heavy atom. The van der Waals surface area contributed by atoms with Crippen molar-refractivity contribution in [2.75, 3.05) is 20.8 Å². The molecular formula is C21H35NO3. The summed E-state index contributed by atoms with van der Waals surface area (Å²) in [5.74, 6) is 0.254. The van der Waals surface area contributed by atoms with Crippen LogP contribution in [0, 0.1) is 5.92 Å².